The predicted molar refractivity (Wildman–Crippen MR) is 69.9 cm³/mol. The van der Waals surface area contributed by atoms with Crippen LogP contribution in [-0.2, 0) is 6.54 Å². The van der Waals surface area contributed by atoms with Crippen molar-refractivity contribution >= 4 is 0 Å². The highest BCUT2D eigenvalue weighted by Crippen LogP contribution is 2.14. The molecule has 2 rings (SSSR count). The van der Waals surface area contributed by atoms with Gasteiger partial charge in [0.2, 0.25) is 0 Å². The van der Waals surface area contributed by atoms with E-state index in [2.05, 4.69) is 44.3 Å². The smallest absolute Gasteiger partial charge is 0.120 e. The Morgan fingerprint density at radius 3 is 2.47 bits per heavy atom. The van der Waals surface area contributed by atoms with Crippen LogP contribution in [0.1, 0.15) is 35.4 Å². The Hall–Kier alpha value is -1.54. The SMILES string of the molecule is Cc1cc(C)cc(CN[C@H](C)c2ccco2)c1. The van der Waals surface area contributed by atoms with Crippen molar-refractivity contribution in [3.8, 4) is 0 Å². The van der Waals surface area contributed by atoms with Crippen LogP contribution in [0.4, 0.5) is 0 Å². The average molecular weight is 229 g/mol. The second kappa shape index (κ2) is 5.19. The normalized spacial score (nSPS) is 12.6. The number of benzene rings is 1. The lowest BCUT2D eigenvalue weighted by Crippen LogP contribution is -2.17. The summed E-state index contributed by atoms with van der Waals surface area (Å²) in [5.41, 5.74) is 3.95. The Labute approximate surface area is 103 Å². The molecule has 0 fully saturated rings. The van der Waals surface area contributed by atoms with Crippen LogP contribution >= 0.6 is 0 Å². The van der Waals surface area contributed by atoms with E-state index >= 15 is 0 Å². The summed E-state index contributed by atoms with van der Waals surface area (Å²) in [6.07, 6.45) is 1.71. The number of aryl methyl sites for hydroxylation is 2. The number of furan rings is 1. The zero-order chi connectivity index (χ0) is 12.3. The molecule has 17 heavy (non-hydrogen) atoms. The van der Waals surface area contributed by atoms with Gasteiger partial charge in [0.15, 0.2) is 0 Å². The van der Waals surface area contributed by atoms with E-state index in [1.54, 1.807) is 6.26 Å². The summed E-state index contributed by atoms with van der Waals surface area (Å²) in [5.74, 6) is 0.981. The van der Waals surface area contributed by atoms with Crippen LogP contribution in [0, 0.1) is 13.8 Å². The molecule has 0 saturated heterocycles. The number of hydrogen-bond donors (Lipinski definition) is 1. The van der Waals surface area contributed by atoms with Gasteiger partial charge in [0, 0.05) is 6.54 Å². The van der Waals surface area contributed by atoms with Crippen LogP contribution in [0.25, 0.3) is 0 Å². The van der Waals surface area contributed by atoms with E-state index < -0.39 is 0 Å². The largest absolute Gasteiger partial charge is 0.468 e. The van der Waals surface area contributed by atoms with Gasteiger partial charge >= 0.3 is 0 Å². The minimum Gasteiger partial charge on any atom is -0.468 e. The minimum absolute atomic E-state index is 0.241. The molecule has 2 heteroatoms. The predicted octanol–water partition coefficient (Wildman–Crippen LogP) is 3.75. The van der Waals surface area contributed by atoms with Crippen molar-refractivity contribution in [2.45, 2.75) is 33.4 Å². The molecule has 1 heterocycles. The number of hydrogen-bond acceptors (Lipinski definition) is 2. The fourth-order valence-electron chi connectivity index (χ4n) is 2.08. The molecule has 1 aromatic carbocycles. The number of nitrogens with one attached hydrogen (secondary N) is 1. The zero-order valence-corrected chi connectivity index (χ0v) is 10.7. The molecule has 0 aliphatic heterocycles. The molecule has 0 bridgehead atoms. The van der Waals surface area contributed by atoms with Gasteiger partial charge in [-0.15, -0.1) is 0 Å². The summed E-state index contributed by atoms with van der Waals surface area (Å²) in [6.45, 7) is 7.24. The summed E-state index contributed by atoms with van der Waals surface area (Å²) < 4.78 is 5.37. The fraction of sp³-hybridized carbons (Fsp3) is 0.333. The van der Waals surface area contributed by atoms with Gasteiger partial charge in [-0.3, -0.25) is 0 Å². The first-order chi connectivity index (χ1) is 8.15. The van der Waals surface area contributed by atoms with Crippen molar-refractivity contribution in [1.29, 1.82) is 0 Å². The zero-order valence-electron chi connectivity index (χ0n) is 10.7. The van der Waals surface area contributed by atoms with E-state index in [-0.39, 0.29) is 6.04 Å². The number of rotatable bonds is 4. The van der Waals surface area contributed by atoms with Crippen molar-refractivity contribution in [3.63, 3.8) is 0 Å². The van der Waals surface area contributed by atoms with E-state index in [0.717, 1.165) is 12.3 Å². The Kier molecular flexibility index (Phi) is 3.64. The molecule has 2 aromatic rings. The minimum atomic E-state index is 0.241. The van der Waals surface area contributed by atoms with Crippen molar-refractivity contribution in [1.82, 2.24) is 5.32 Å². The highest BCUT2D eigenvalue weighted by molar-refractivity contribution is 5.28. The molecule has 0 aliphatic rings. The molecule has 0 spiro atoms. The van der Waals surface area contributed by atoms with Gasteiger partial charge < -0.3 is 9.73 Å². The molecule has 0 unspecified atom stereocenters. The van der Waals surface area contributed by atoms with Crippen molar-refractivity contribution in [2.24, 2.45) is 0 Å². The van der Waals surface area contributed by atoms with Crippen LogP contribution in [0.3, 0.4) is 0 Å². The van der Waals surface area contributed by atoms with Gasteiger partial charge in [0.05, 0.1) is 12.3 Å². The molecule has 1 aromatic heterocycles. The third kappa shape index (κ3) is 3.21. The van der Waals surface area contributed by atoms with Crippen LogP contribution in [0.15, 0.2) is 41.0 Å². The second-order valence-electron chi connectivity index (χ2n) is 4.61. The second-order valence-corrected chi connectivity index (χ2v) is 4.61. The Bertz CT molecular complexity index is 453. The van der Waals surface area contributed by atoms with Crippen molar-refractivity contribution < 1.29 is 4.42 Å². The van der Waals surface area contributed by atoms with Crippen molar-refractivity contribution in [2.75, 3.05) is 0 Å². The third-order valence-electron chi connectivity index (χ3n) is 2.86. The fourth-order valence-corrected chi connectivity index (χ4v) is 2.08. The molecular formula is C15H19NO. The first-order valence-electron chi connectivity index (χ1n) is 5.99. The lowest BCUT2D eigenvalue weighted by atomic mass is 10.1. The van der Waals surface area contributed by atoms with E-state index in [9.17, 15) is 0 Å². The highest BCUT2D eigenvalue weighted by atomic mass is 16.3. The van der Waals surface area contributed by atoms with E-state index in [1.165, 1.54) is 16.7 Å². The Morgan fingerprint density at radius 1 is 1.18 bits per heavy atom. The van der Waals surface area contributed by atoms with Gasteiger partial charge in [0.1, 0.15) is 5.76 Å². The van der Waals surface area contributed by atoms with Crippen LogP contribution in [-0.4, -0.2) is 0 Å². The monoisotopic (exact) mass is 229 g/mol. The topological polar surface area (TPSA) is 25.2 Å². The first-order valence-corrected chi connectivity index (χ1v) is 5.99. The summed E-state index contributed by atoms with van der Waals surface area (Å²) in [7, 11) is 0. The molecular weight excluding hydrogens is 210 g/mol. The first kappa shape index (κ1) is 11.9. The molecule has 1 N–H and O–H groups in total. The van der Waals surface area contributed by atoms with Crippen LogP contribution < -0.4 is 5.32 Å². The Balaban J connectivity index is 1.98. The maximum atomic E-state index is 5.37. The van der Waals surface area contributed by atoms with E-state index in [4.69, 9.17) is 4.42 Å². The van der Waals surface area contributed by atoms with Gasteiger partial charge in [-0.05, 0) is 38.5 Å². The molecule has 2 nitrogen and oxygen atoms in total. The summed E-state index contributed by atoms with van der Waals surface area (Å²) >= 11 is 0. The lowest BCUT2D eigenvalue weighted by molar-refractivity contribution is 0.430. The molecule has 0 radical (unpaired) electrons. The Morgan fingerprint density at radius 2 is 1.88 bits per heavy atom. The summed E-state index contributed by atoms with van der Waals surface area (Å²) in [6, 6.07) is 10.8. The van der Waals surface area contributed by atoms with E-state index in [1.807, 2.05) is 12.1 Å². The molecule has 90 valence electrons. The van der Waals surface area contributed by atoms with Gasteiger partial charge in [0.25, 0.3) is 0 Å². The van der Waals surface area contributed by atoms with Crippen molar-refractivity contribution in [3.05, 3.63) is 59.0 Å². The standard InChI is InChI=1S/C15H19NO/c1-11-7-12(2)9-14(8-11)10-16-13(3)15-5-4-6-17-15/h4-9,13,16H,10H2,1-3H3/t13-/m1/s1. The highest BCUT2D eigenvalue weighted by Gasteiger charge is 2.07. The average Bonchev–Trinajstić information content (AvgIpc) is 2.78. The maximum absolute atomic E-state index is 5.37. The van der Waals surface area contributed by atoms with Gasteiger partial charge in [-0.1, -0.05) is 29.3 Å². The van der Waals surface area contributed by atoms with E-state index in [0.29, 0.717) is 0 Å². The maximum Gasteiger partial charge on any atom is 0.120 e. The quantitative estimate of drug-likeness (QED) is 0.863. The summed E-state index contributed by atoms with van der Waals surface area (Å²) in [5, 5.41) is 3.46. The molecule has 0 saturated carbocycles. The molecule has 1 atom stereocenters. The summed E-state index contributed by atoms with van der Waals surface area (Å²) in [4.78, 5) is 0. The van der Waals surface area contributed by atoms with Gasteiger partial charge in [-0.25, -0.2) is 0 Å². The lowest BCUT2D eigenvalue weighted by Gasteiger charge is -2.12. The molecule has 0 aliphatic carbocycles. The van der Waals surface area contributed by atoms with Crippen LogP contribution in [0.5, 0.6) is 0 Å². The third-order valence-corrected chi connectivity index (χ3v) is 2.86. The molecule has 0 amide bonds. The van der Waals surface area contributed by atoms with Gasteiger partial charge in [-0.2, -0.15) is 0 Å². The van der Waals surface area contributed by atoms with Crippen LogP contribution in [0.2, 0.25) is 0 Å².